The Balaban J connectivity index is 1.36. The number of aliphatic carboxylic acids is 1. The van der Waals surface area contributed by atoms with Gasteiger partial charge in [-0.2, -0.15) is 0 Å². The molecule has 0 aromatic rings. The van der Waals surface area contributed by atoms with E-state index >= 15 is 0 Å². The van der Waals surface area contributed by atoms with E-state index in [2.05, 4.69) is 12.2 Å². The molecule has 0 amide bonds. The summed E-state index contributed by atoms with van der Waals surface area (Å²) in [5.41, 5.74) is 0.619. The van der Waals surface area contributed by atoms with Gasteiger partial charge in [-0.1, -0.05) is 31.4 Å². The Morgan fingerprint density at radius 1 is 0.885 bits per heavy atom. The van der Waals surface area contributed by atoms with Crippen molar-refractivity contribution in [3.63, 3.8) is 0 Å². The lowest BCUT2D eigenvalue weighted by Crippen LogP contribution is -2.51. The molecule has 7 aliphatic carbocycles. The Morgan fingerprint density at radius 3 is 2.50 bits per heavy atom. The van der Waals surface area contributed by atoms with Crippen molar-refractivity contribution in [2.24, 2.45) is 70.5 Å². The smallest absolute Gasteiger partial charge is 0.306 e. The number of hydrogen-bond donors (Lipinski definition) is 1. The van der Waals surface area contributed by atoms with E-state index in [9.17, 15) is 9.90 Å². The van der Waals surface area contributed by atoms with E-state index < -0.39 is 5.97 Å². The predicted octanol–water partition coefficient (Wildman–Crippen LogP) is 5.00. The van der Waals surface area contributed by atoms with Crippen LogP contribution < -0.4 is 0 Å². The third kappa shape index (κ3) is 1.51. The van der Waals surface area contributed by atoms with Gasteiger partial charge in [-0.15, -0.1) is 0 Å². The normalized spacial score (nSPS) is 61.4. The largest absolute Gasteiger partial charge is 0.481 e. The molecule has 0 aromatic heterocycles. The molecule has 11 unspecified atom stereocenters. The summed E-state index contributed by atoms with van der Waals surface area (Å²) in [6.07, 6.45) is 17.7. The molecule has 0 saturated heterocycles. The highest BCUT2D eigenvalue weighted by Gasteiger charge is 2.78. The number of carboxylic acids is 1. The highest BCUT2D eigenvalue weighted by molar-refractivity contribution is 5.71. The van der Waals surface area contributed by atoms with Gasteiger partial charge in [0.2, 0.25) is 0 Å². The SMILES string of the molecule is O=C(O)C1CC2CC1C1C3CC(C4CCCCC4)(C4C5C=CC(C5)C34)C21. The summed E-state index contributed by atoms with van der Waals surface area (Å²) in [5.74, 6) is 7.99. The number of allylic oxidation sites excluding steroid dienone is 2. The minimum absolute atomic E-state index is 0.00316. The van der Waals surface area contributed by atoms with Gasteiger partial charge in [-0.25, -0.2) is 0 Å². The van der Waals surface area contributed by atoms with Crippen LogP contribution in [0.3, 0.4) is 0 Å². The van der Waals surface area contributed by atoms with Crippen molar-refractivity contribution in [2.45, 2.75) is 57.8 Å². The minimum atomic E-state index is -0.477. The highest BCUT2D eigenvalue weighted by Crippen LogP contribution is 2.83. The van der Waals surface area contributed by atoms with Crippen LogP contribution in [0.2, 0.25) is 0 Å². The Kier molecular flexibility index (Phi) is 2.79. The van der Waals surface area contributed by atoms with Gasteiger partial charge in [-0.05, 0) is 103 Å². The van der Waals surface area contributed by atoms with Crippen molar-refractivity contribution in [3.8, 4) is 0 Å². The summed E-state index contributed by atoms with van der Waals surface area (Å²) in [6.45, 7) is 0. The van der Waals surface area contributed by atoms with Crippen LogP contribution in [0.15, 0.2) is 12.2 Å². The molecule has 0 aromatic carbocycles. The summed E-state index contributed by atoms with van der Waals surface area (Å²) in [6, 6.07) is 0. The van der Waals surface area contributed by atoms with Crippen LogP contribution in [-0.2, 0) is 4.79 Å². The molecule has 6 bridgehead atoms. The van der Waals surface area contributed by atoms with Crippen molar-refractivity contribution in [1.29, 1.82) is 0 Å². The average Bonchev–Trinajstić information content (AvgIpc) is 3.47. The van der Waals surface area contributed by atoms with Gasteiger partial charge in [0, 0.05) is 0 Å². The fourth-order valence-electron chi connectivity index (χ4n) is 11.1. The summed E-state index contributed by atoms with van der Waals surface area (Å²) >= 11 is 0. The zero-order chi connectivity index (χ0) is 17.2. The van der Waals surface area contributed by atoms with E-state index in [1.54, 1.807) is 0 Å². The molecule has 0 heterocycles. The van der Waals surface area contributed by atoms with Crippen molar-refractivity contribution in [2.75, 3.05) is 0 Å². The second-order valence-corrected chi connectivity index (χ2v) is 11.3. The number of carbonyl (C=O) groups is 1. The van der Waals surface area contributed by atoms with Crippen LogP contribution >= 0.6 is 0 Å². The second kappa shape index (κ2) is 4.78. The standard InChI is InChI=1S/C24H32O2/c25-23(26)17-10-14-9-16(17)20-18-11-24(22(14)20,15-4-2-1-3-5-15)21-13-7-6-12(8-13)19(18)21/h6-7,12-22H,1-5,8-11H2,(H,25,26). The molecule has 26 heavy (non-hydrogen) atoms. The van der Waals surface area contributed by atoms with Crippen LogP contribution in [0.25, 0.3) is 0 Å². The third-order valence-corrected chi connectivity index (χ3v) is 11.1. The highest BCUT2D eigenvalue weighted by atomic mass is 16.4. The summed E-state index contributed by atoms with van der Waals surface area (Å²) in [7, 11) is 0. The zero-order valence-corrected chi connectivity index (χ0v) is 15.7. The second-order valence-electron chi connectivity index (χ2n) is 11.3. The van der Waals surface area contributed by atoms with E-state index in [1.165, 1.54) is 51.4 Å². The lowest BCUT2D eigenvalue weighted by molar-refractivity contribution is -0.147. The fraction of sp³-hybridized carbons (Fsp3) is 0.875. The molecule has 11 atom stereocenters. The number of hydrogen-bond acceptors (Lipinski definition) is 1. The van der Waals surface area contributed by atoms with Crippen LogP contribution in [0.4, 0.5) is 0 Å². The quantitative estimate of drug-likeness (QED) is 0.561. The Hall–Kier alpha value is -0.790. The van der Waals surface area contributed by atoms with Gasteiger partial charge < -0.3 is 5.11 Å². The number of fused-ring (bicyclic) bond motifs is 16. The van der Waals surface area contributed by atoms with Gasteiger partial charge in [0.25, 0.3) is 0 Å². The van der Waals surface area contributed by atoms with E-state index in [0.29, 0.717) is 11.3 Å². The first kappa shape index (κ1) is 15.2. The van der Waals surface area contributed by atoms with Gasteiger partial charge in [0.05, 0.1) is 5.92 Å². The van der Waals surface area contributed by atoms with Gasteiger partial charge in [0.15, 0.2) is 0 Å². The molecule has 140 valence electrons. The van der Waals surface area contributed by atoms with Crippen LogP contribution in [0, 0.1) is 70.5 Å². The van der Waals surface area contributed by atoms with Crippen LogP contribution in [0.5, 0.6) is 0 Å². The minimum Gasteiger partial charge on any atom is -0.481 e. The Labute approximate surface area is 156 Å². The summed E-state index contributed by atoms with van der Waals surface area (Å²) in [5, 5.41) is 9.82. The summed E-state index contributed by atoms with van der Waals surface area (Å²) in [4.78, 5) is 11.9. The molecular formula is C24H32O2. The maximum absolute atomic E-state index is 11.9. The van der Waals surface area contributed by atoms with Crippen molar-refractivity contribution in [3.05, 3.63) is 12.2 Å². The molecule has 0 radical (unpaired) electrons. The molecule has 6 saturated carbocycles. The van der Waals surface area contributed by atoms with Crippen LogP contribution in [-0.4, -0.2) is 11.1 Å². The van der Waals surface area contributed by atoms with E-state index in [-0.39, 0.29) is 5.92 Å². The number of carboxylic acid groups (broad SMARTS) is 1. The van der Waals surface area contributed by atoms with Crippen molar-refractivity contribution in [1.82, 2.24) is 0 Å². The molecule has 0 spiro atoms. The van der Waals surface area contributed by atoms with Crippen molar-refractivity contribution < 1.29 is 9.90 Å². The topological polar surface area (TPSA) is 37.3 Å². The summed E-state index contributed by atoms with van der Waals surface area (Å²) < 4.78 is 0. The molecule has 7 rings (SSSR count). The van der Waals surface area contributed by atoms with E-state index in [0.717, 1.165) is 59.7 Å². The molecular weight excluding hydrogens is 320 g/mol. The van der Waals surface area contributed by atoms with Gasteiger partial charge in [-0.3, -0.25) is 4.79 Å². The third-order valence-electron chi connectivity index (χ3n) is 11.1. The van der Waals surface area contributed by atoms with E-state index in [1.807, 2.05) is 0 Å². The maximum atomic E-state index is 11.9. The monoisotopic (exact) mass is 352 g/mol. The molecule has 6 fully saturated rings. The van der Waals surface area contributed by atoms with Gasteiger partial charge in [0.1, 0.15) is 0 Å². The first-order chi connectivity index (χ1) is 12.7. The number of rotatable bonds is 2. The lowest BCUT2D eigenvalue weighted by atomic mass is 9.49. The molecule has 0 aliphatic heterocycles. The molecule has 1 N–H and O–H groups in total. The maximum Gasteiger partial charge on any atom is 0.306 e. The molecule has 2 heteroatoms. The van der Waals surface area contributed by atoms with Crippen LogP contribution in [0.1, 0.15) is 57.8 Å². The Bertz CT molecular complexity index is 690. The predicted molar refractivity (Wildman–Crippen MR) is 99.2 cm³/mol. The molecule has 2 nitrogen and oxygen atoms in total. The average molecular weight is 353 g/mol. The van der Waals surface area contributed by atoms with Crippen molar-refractivity contribution >= 4 is 5.97 Å². The van der Waals surface area contributed by atoms with E-state index in [4.69, 9.17) is 0 Å². The zero-order valence-electron chi connectivity index (χ0n) is 15.7. The van der Waals surface area contributed by atoms with Gasteiger partial charge >= 0.3 is 5.97 Å². The lowest BCUT2D eigenvalue weighted by Gasteiger charge is -2.55. The first-order valence-corrected chi connectivity index (χ1v) is 11.6. The first-order valence-electron chi connectivity index (χ1n) is 11.6. The Morgan fingerprint density at radius 2 is 1.69 bits per heavy atom. The molecule has 7 aliphatic rings. The fourth-order valence-corrected chi connectivity index (χ4v) is 11.1.